The van der Waals surface area contributed by atoms with Crippen LogP contribution in [0.25, 0.3) is 10.2 Å². The first-order chi connectivity index (χ1) is 9.16. The molecule has 1 heterocycles. The number of aryl methyl sites for hydroxylation is 1. The van der Waals surface area contributed by atoms with Crippen molar-refractivity contribution >= 4 is 38.6 Å². The summed E-state index contributed by atoms with van der Waals surface area (Å²) in [5.74, 6) is 0. The highest BCUT2D eigenvalue weighted by molar-refractivity contribution is 7.16. The highest BCUT2D eigenvalue weighted by Gasteiger charge is 2.11. The quantitative estimate of drug-likeness (QED) is 0.716. The van der Waals surface area contributed by atoms with Crippen molar-refractivity contribution in [2.45, 2.75) is 6.92 Å². The van der Waals surface area contributed by atoms with E-state index in [2.05, 4.69) is 53.2 Å². The topological polar surface area (TPSA) is 42.2 Å². The number of thiazole rings is 1. The molecule has 3 rings (SSSR count). The molecule has 0 aliphatic heterocycles. The Hall–Kier alpha value is -2.07. The van der Waals surface area contributed by atoms with Crippen LogP contribution >= 0.6 is 11.3 Å². The summed E-state index contributed by atoms with van der Waals surface area (Å²) in [6.45, 7) is 2.09. The predicted octanol–water partition coefficient (Wildman–Crippen LogP) is 3.95. The first-order valence-corrected chi connectivity index (χ1v) is 6.97. The molecule has 0 bridgehead atoms. The molecule has 0 atom stereocenters. The molecule has 0 fully saturated rings. The molecule has 96 valence electrons. The summed E-state index contributed by atoms with van der Waals surface area (Å²) < 4.78 is 1.12. The number of nitrogens with two attached hydrogens (primary N) is 1. The third-order valence-corrected chi connectivity index (χ3v) is 4.06. The lowest BCUT2D eigenvalue weighted by Gasteiger charge is -2.21. The van der Waals surface area contributed by atoms with Gasteiger partial charge >= 0.3 is 0 Å². The van der Waals surface area contributed by atoms with Gasteiger partial charge in [0.25, 0.3) is 0 Å². The van der Waals surface area contributed by atoms with Crippen molar-refractivity contribution in [2.24, 2.45) is 0 Å². The molecule has 0 aliphatic carbocycles. The highest BCUT2D eigenvalue weighted by Crippen LogP contribution is 2.35. The number of nitrogen functional groups attached to an aromatic ring is 1. The van der Waals surface area contributed by atoms with Crippen LogP contribution in [0.1, 0.15) is 5.56 Å². The third-order valence-electron chi connectivity index (χ3n) is 3.27. The van der Waals surface area contributed by atoms with E-state index in [1.807, 2.05) is 12.6 Å². The summed E-state index contributed by atoms with van der Waals surface area (Å²) in [4.78, 5) is 6.44. The smallest absolute Gasteiger partial charge is 0.106 e. The third kappa shape index (κ3) is 2.04. The van der Waals surface area contributed by atoms with E-state index in [0.29, 0.717) is 0 Å². The van der Waals surface area contributed by atoms with Gasteiger partial charge in [-0.2, -0.15) is 0 Å². The second-order valence-electron chi connectivity index (χ2n) is 4.60. The lowest BCUT2D eigenvalue weighted by Crippen LogP contribution is -2.11. The fourth-order valence-electron chi connectivity index (χ4n) is 2.21. The SMILES string of the molecule is Cc1cccc(N(C)c2ccc3scnc3c2N)c1. The number of benzene rings is 2. The van der Waals surface area contributed by atoms with Crippen LogP contribution in [0.5, 0.6) is 0 Å². The van der Waals surface area contributed by atoms with E-state index in [4.69, 9.17) is 5.73 Å². The number of rotatable bonds is 2. The van der Waals surface area contributed by atoms with Crippen molar-refractivity contribution in [2.75, 3.05) is 17.7 Å². The van der Waals surface area contributed by atoms with Crippen LogP contribution in [0.15, 0.2) is 41.9 Å². The molecule has 0 amide bonds. The summed E-state index contributed by atoms with van der Waals surface area (Å²) in [5, 5.41) is 0. The summed E-state index contributed by atoms with van der Waals surface area (Å²) in [5.41, 5.74) is 13.1. The van der Waals surface area contributed by atoms with Gasteiger partial charge in [0.05, 0.1) is 21.6 Å². The Balaban J connectivity index is 2.11. The molecule has 0 saturated heterocycles. The number of hydrogen-bond donors (Lipinski definition) is 1. The summed E-state index contributed by atoms with van der Waals surface area (Å²) in [6.07, 6.45) is 0. The highest BCUT2D eigenvalue weighted by atomic mass is 32.1. The van der Waals surface area contributed by atoms with Crippen LogP contribution in [0, 0.1) is 6.92 Å². The summed E-state index contributed by atoms with van der Waals surface area (Å²) in [7, 11) is 2.03. The zero-order chi connectivity index (χ0) is 13.4. The molecular weight excluding hydrogens is 254 g/mol. The van der Waals surface area contributed by atoms with Gasteiger partial charge < -0.3 is 10.6 Å². The number of nitrogens with zero attached hydrogens (tertiary/aromatic N) is 2. The molecule has 3 nitrogen and oxygen atoms in total. The van der Waals surface area contributed by atoms with Crippen LogP contribution in [0.2, 0.25) is 0 Å². The molecule has 3 aromatic rings. The number of aromatic nitrogens is 1. The van der Waals surface area contributed by atoms with Crippen molar-refractivity contribution < 1.29 is 0 Å². The maximum atomic E-state index is 6.24. The lowest BCUT2D eigenvalue weighted by molar-refractivity contribution is 1.21. The fourth-order valence-corrected chi connectivity index (χ4v) is 2.90. The van der Waals surface area contributed by atoms with Crippen molar-refractivity contribution in [1.82, 2.24) is 4.98 Å². The largest absolute Gasteiger partial charge is 0.395 e. The number of anilines is 3. The van der Waals surface area contributed by atoms with E-state index in [-0.39, 0.29) is 0 Å². The minimum absolute atomic E-state index is 0.739. The van der Waals surface area contributed by atoms with Crippen LogP contribution in [0.3, 0.4) is 0 Å². The van der Waals surface area contributed by atoms with Gasteiger partial charge in [0.15, 0.2) is 0 Å². The van der Waals surface area contributed by atoms with Crippen LogP contribution < -0.4 is 10.6 Å². The Kier molecular flexibility index (Phi) is 2.87. The molecule has 0 radical (unpaired) electrons. The second kappa shape index (κ2) is 4.55. The van der Waals surface area contributed by atoms with E-state index < -0.39 is 0 Å². The van der Waals surface area contributed by atoms with Gasteiger partial charge in [-0.05, 0) is 36.8 Å². The molecule has 0 aliphatic rings. The van der Waals surface area contributed by atoms with Crippen molar-refractivity contribution in [3.63, 3.8) is 0 Å². The average molecular weight is 269 g/mol. The molecule has 1 aromatic heterocycles. The predicted molar refractivity (Wildman–Crippen MR) is 83.3 cm³/mol. The van der Waals surface area contributed by atoms with Crippen LogP contribution in [-0.4, -0.2) is 12.0 Å². The number of fused-ring (bicyclic) bond motifs is 1. The van der Waals surface area contributed by atoms with Crippen molar-refractivity contribution in [3.8, 4) is 0 Å². The molecule has 2 aromatic carbocycles. The number of hydrogen-bond acceptors (Lipinski definition) is 4. The van der Waals surface area contributed by atoms with Crippen molar-refractivity contribution in [1.29, 1.82) is 0 Å². The van der Waals surface area contributed by atoms with Gasteiger partial charge in [-0.15, -0.1) is 11.3 Å². The van der Waals surface area contributed by atoms with E-state index in [0.717, 1.165) is 27.3 Å². The van der Waals surface area contributed by atoms with Gasteiger partial charge in [-0.25, -0.2) is 4.98 Å². The minimum atomic E-state index is 0.739. The molecular formula is C15H15N3S. The summed E-state index contributed by atoms with van der Waals surface area (Å²) >= 11 is 1.61. The van der Waals surface area contributed by atoms with E-state index in [1.54, 1.807) is 11.3 Å². The maximum absolute atomic E-state index is 6.24. The Morgan fingerprint density at radius 2 is 2.05 bits per heavy atom. The molecule has 0 unspecified atom stereocenters. The zero-order valence-electron chi connectivity index (χ0n) is 10.9. The first kappa shape index (κ1) is 12.0. The molecule has 0 spiro atoms. The van der Waals surface area contributed by atoms with Crippen LogP contribution in [0.4, 0.5) is 17.1 Å². The summed E-state index contributed by atoms with van der Waals surface area (Å²) in [6, 6.07) is 12.5. The molecule has 19 heavy (non-hydrogen) atoms. The lowest BCUT2D eigenvalue weighted by atomic mass is 10.2. The Morgan fingerprint density at radius 1 is 1.21 bits per heavy atom. The molecule has 0 saturated carbocycles. The fraction of sp³-hybridized carbons (Fsp3) is 0.133. The standard InChI is InChI=1S/C15H15N3S/c1-10-4-3-5-11(8-10)18(2)12-6-7-13-15(14(12)16)17-9-19-13/h3-9H,16H2,1-2H3. The van der Waals surface area contributed by atoms with E-state index in [9.17, 15) is 0 Å². The Bertz CT molecular complexity index is 733. The monoisotopic (exact) mass is 269 g/mol. The molecule has 4 heteroatoms. The van der Waals surface area contributed by atoms with E-state index >= 15 is 0 Å². The Labute approximate surface area is 116 Å². The second-order valence-corrected chi connectivity index (χ2v) is 5.48. The van der Waals surface area contributed by atoms with Gasteiger partial charge in [-0.1, -0.05) is 12.1 Å². The van der Waals surface area contributed by atoms with Crippen LogP contribution in [-0.2, 0) is 0 Å². The average Bonchev–Trinajstić information content (AvgIpc) is 2.88. The molecule has 2 N–H and O–H groups in total. The van der Waals surface area contributed by atoms with Gasteiger partial charge in [0.1, 0.15) is 5.52 Å². The van der Waals surface area contributed by atoms with Gasteiger partial charge in [0, 0.05) is 12.7 Å². The van der Waals surface area contributed by atoms with Gasteiger partial charge in [-0.3, -0.25) is 0 Å². The first-order valence-electron chi connectivity index (χ1n) is 6.09. The van der Waals surface area contributed by atoms with Gasteiger partial charge in [0.2, 0.25) is 0 Å². The minimum Gasteiger partial charge on any atom is -0.395 e. The maximum Gasteiger partial charge on any atom is 0.106 e. The van der Waals surface area contributed by atoms with Crippen molar-refractivity contribution in [3.05, 3.63) is 47.5 Å². The zero-order valence-corrected chi connectivity index (χ0v) is 11.7. The Morgan fingerprint density at radius 3 is 2.84 bits per heavy atom. The normalized spacial score (nSPS) is 10.8. The van der Waals surface area contributed by atoms with E-state index in [1.165, 1.54) is 5.56 Å².